The Hall–Kier alpha value is -2.09. The second-order valence-electron chi connectivity index (χ2n) is 7.20. The van der Waals surface area contributed by atoms with Gasteiger partial charge in [0.2, 0.25) is 0 Å². The highest BCUT2D eigenvalue weighted by Crippen LogP contribution is 2.25. The predicted octanol–water partition coefficient (Wildman–Crippen LogP) is 4.49. The third-order valence-corrected chi connectivity index (χ3v) is 6.08. The molecule has 0 aliphatic carbocycles. The minimum absolute atomic E-state index is 0.578. The van der Waals surface area contributed by atoms with E-state index in [-0.39, 0.29) is 0 Å². The number of rotatable bonds is 6. The Kier molecular flexibility index (Phi) is 6.14. The number of hydrogen-bond donors (Lipinski definition) is 1. The second-order valence-corrected chi connectivity index (χ2v) is 8.79. The first-order valence-electron chi connectivity index (χ1n) is 9.48. The molecule has 4 heterocycles. The van der Waals surface area contributed by atoms with Gasteiger partial charge >= 0.3 is 0 Å². The number of hydrogen-bond acceptors (Lipinski definition) is 7. The van der Waals surface area contributed by atoms with Gasteiger partial charge in [-0.25, -0.2) is 19.9 Å². The van der Waals surface area contributed by atoms with Crippen LogP contribution in [0.2, 0.25) is 5.15 Å². The van der Waals surface area contributed by atoms with Crippen LogP contribution in [0.5, 0.6) is 0 Å². The van der Waals surface area contributed by atoms with Crippen LogP contribution in [0.15, 0.2) is 36.9 Å². The van der Waals surface area contributed by atoms with Crippen LogP contribution in [-0.4, -0.2) is 37.9 Å². The molecule has 0 aromatic carbocycles. The Morgan fingerprint density at radius 1 is 1.29 bits per heavy atom. The summed E-state index contributed by atoms with van der Waals surface area (Å²) in [6, 6.07) is 6.04. The van der Waals surface area contributed by atoms with Gasteiger partial charge in [0.1, 0.15) is 17.3 Å². The zero-order valence-corrected chi connectivity index (χ0v) is 17.4. The first kappa shape index (κ1) is 19.2. The van der Waals surface area contributed by atoms with Gasteiger partial charge in [0.25, 0.3) is 0 Å². The van der Waals surface area contributed by atoms with E-state index in [9.17, 15) is 0 Å². The lowest BCUT2D eigenvalue weighted by Crippen LogP contribution is -2.36. The van der Waals surface area contributed by atoms with Crippen LogP contribution in [0.25, 0.3) is 0 Å². The normalized spacial score (nSPS) is 17.6. The highest BCUT2D eigenvalue weighted by atomic mass is 35.5. The number of aromatic nitrogens is 4. The molecule has 4 rings (SSSR count). The maximum absolute atomic E-state index is 6.23. The molecule has 146 valence electrons. The summed E-state index contributed by atoms with van der Waals surface area (Å²) in [4.78, 5) is 21.0. The Bertz CT molecular complexity index is 930. The Balaban J connectivity index is 1.37. The molecule has 6 nitrogen and oxygen atoms in total. The van der Waals surface area contributed by atoms with Gasteiger partial charge in [-0.05, 0) is 44.7 Å². The van der Waals surface area contributed by atoms with Crippen LogP contribution in [0.1, 0.15) is 29.0 Å². The molecule has 1 atom stereocenters. The van der Waals surface area contributed by atoms with E-state index in [1.54, 1.807) is 23.9 Å². The summed E-state index contributed by atoms with van der Waals surface area (Å²) < 4.78 is 0. The second kappa shape index (κ2) is 8.94. The molecule has 28 heavy (non-hydrogen) atoms. The zero-order valence-electron chi connectivity index (χ0n) is 15.8. The van der Waals surface area contributed by atoms with E-state index in [0.29, 0.717) is 11.1 Å². The van der Waals surface area contributed by atoms with Crippen molar-refractivity contribution in [2.45, 2.75) is 32.7 Å². The van der Waals surface area contributed by atoms with Crippen molar-refractivity contribution in [1.82, 2.24) is 24.8 Å². The molecular formula is C20H23ClN6S. The molecular weight excluding hydrogens is 392 g/mol. The van der Waals surface area contributed by atoms with Crippen LogP contribution < -0.4 is 5.32 Å². The molecule has 0 radical (unpaired) electrons. The minimum Gasteiger partial charge on any atom is -0.316 e. The van der Waals surface area contributed by atoms with Gasteiger partial charge in [-0.3, -0.25) is 4.90 Å². The zero-order chi connectivity index (χ0) is 19.3. The first-order chi connectivity index (χ1) is 13.7. The van der Waals surface area contributed by atoms with E-state index in [2.05, 4.69) is 36.2 Å². The molecule has 1 saturated heterocycles. The van der Waals surface area contributed by atoms with Crippen molar-refractivity contribution < 1.29 is 0 Å². The van der Waals surface area contributed by atoms with E-state index < -0.39 is 0 Å². The largest absolute Gasteiger partial charge is 0.316 e. The van der Waals surface area contributed by atoms with Crippen molar-refractivity contribution in [3.05, 3.63) is 58.2 Å². The van der Waals surface area contributed by atoms with E-state index in [1.165, 1.54) is 17.7 Å². The number of piperidine rings is 1. The fourth-order valence-electron chi connectivity index (χ4n) is 3.64. The number of anilines is 2. The van der Waals surface area contributed by atoms with Crippen molar-refractivity contribution in [3.63, 3.8) is 0 Å². The molecule has 0 bridgehead atoms. The monoisotopic (exact) mass is 414 g/mol. The lowest BCUT2D eigenvalue weighted by molar-refractivity contribution is 0.166. The number of thiazole rings is 1. The molecule has 0 amide bonds. The Labute approximate surface area is 174 Å². The summed E-state index contributed by atoms with van der Waals surface area (Å²) in [6.45, 7) is 5.04. The van der Waals surface area contributed by atoms with Crippen LogP contribution >= 0.6 is 22.9 Å². The fourth-order valence-corrected chi connectivity index (χ4v) is 4.49. The molecule has 1 N–H and O–H groups in total. The Morgan fingerprint density at radius 3 is 3.04 bits per heavy atom. The summed E-state index contributed by atoms with van der Waals surface area (Å²) >= 11 is 7.85. The molecule has 3 aromatic rings. The Morgan fingerprint density at radius 2 is 2.21 bits per heavy atom. The van der Waals surface area contributed by atoms with Gasteiger partial charge in [-0.1, -0.05) is 17.7 Å². The maximum Gasteiger partial charge on any atom is 0.188 e. The van der Waals surface area contributed by atoms with Gasteiger partial charge in [0.15, 0.2) is 5.13 Å². The molecule has 1 aliphatic heterocycles. The lowest BCUT2D eigenvalue weighted by atomic mass is 9.93. The van der Waals surface area contributed by atoms with Gasteiger partial charge in [-0.2, -0.15) is 0 Å². The molecule has 8 heteroatoms. The summed E-state index contributed by atoms with van der Waals surface area (Å²) in [5, 5.41) is 4.74. The highest BCUT2D eigenvalue weighted by molar-refractivity contribution is 7.15. The molecule has 1 unspecified atom stereocenters. The quantitative estimate of drug-likeness (QED) is 0.599. The number of nitrogens with one attached hydrogen (secondary N) is 1. The third kappa shape index (κ3) is 5.04. The number of halogens is 1. The van der Waals surface area contributed by atoms with Crippen molar-refractivity contribution >= 4 is 33.9 Å². The van der Waals surface area contributed by atoms with E-state index >= 15 is 0 Å². The lowest BCUT2D eigenvalue weighted by Gasteiger charge is -2.32. The highest BCUT2D eigenvalue weighted by Gasteiger charge is 2.21. The third-order valence-electron chi connectivity index (χ3n) is 4.91. The SMILES string of the molecule is Cc1cnc(Nc2cc(CC3CCCN(Cc4cccnc4Cl)C3)ncn2)s1. The molecule has 3 aromatic heterocycles. The maximum atomic E-state index is 6.23. The first-order valence-corrected chi connectivity index (χ1v) is 10.7. The summed E-state index contributed by atoms with van der Waals surface area (Å²) in [6.07, 6.45) is 8.59. The fraction of sp³-hybridized carbons (Fsp3) is 0.400. The van der Waals surface area contributed by atoms with E-state index in [4.69, 9.17) is 11.6 Å². The van der Waals surface area contributed by atoms with Crippen molar-refractivity contribution in [3.8, 4) is 0 Å². The molecule has 1 fully saturated rings. The van der Waals surface area contributed by atoms with Crippen molar-refractivity contribution in [2.24, 2.45) is 5.92 Å². The number of nitrogens with zero attached hydrogens (tertiary/aromatic N) is 5. The predicted molar refractivity (Wildman–Crippen MR) is 113 cm³/mol. The number of pyridine rings is 1. The minimum atomic E-state index is 0.578. The average molecular weight is 415 g/mol. The van der Waals surface area contributed by atoms with E-state index in [1.807, 2.05) is 25.3 Å². The molecule has 0 spiro atoms. The van der Waals surface area contributed by atoms with E-state index in [0.717, 1.165) is 48.3 Å². The molecule has 0 saturated carbocycles. The number of likely N-dealkylation sites (tertiary alicyclic amines) is 1. The number of aryl methyl sites for hydroxylation is 1. The van der Waals surface area contributed by atoms with Crippen LogP contribution in [0, 0.1) is 12.8 Å². The van der Waals surface area contributed by atoms with Gasteiger partial charge in [0.05, 0.1) is 0 Å². The summed E-state index contributed by atoms with van der Waals surface area (Å²) in [5.41, 5.74) is 2.16. The van der Waals surface area contributed by atoms with Crippen molar-refractivity contribution in [1.29, 1.82) is 0 Å². The summed E-state index contributed by atoms with van der Waals surface area (Å²) in [7, 11) is 0. The van der Waals surface area contributed by atoms with Crippen LogP contribution in [0.4, 0.5) is 10.9 Å². The molecule has 1 aliphatic rings. The van der Waals surface area contributed by atoms with Crippen LogP contribution in [-0.2, 0) is 13.0 Å². The van der Waals surface area contributed by atoms with Gasteiger partial charge in [0, 0.05) is 47.7 Å². The standard InChI is InChI=1S/C20H23ClN6S/c1-14-10-23-20(28-14)26-18-9-17(24-13-25-18)8-15-4-3-7-27(11-15)12-16-5-2-6-22-19(16)21/h2,5-6,9-10,13,15H,3-4,7-8,11-12H2,1H3,(H,23,24,25,26). The van der Waals surface area contributed by atoms with Crippen molar-refractivity contribution in [2.75, 3.05) is 18.4 Å². The van der Waals surface area contributed by atoms with Gasteiger partial charge in [-0.15, -0.1) is 11.3 Å². The summed E-state index contributed by atoms with van der Waals surface area (Å²) in [5.74, 6) is 1.38. The smallest absolute Gasteiger partial charge is 0.188 e. The average Bonchev–Trinajstić information content (AvgIpc) is 3.09. The van der Waals surface area contributed by atoms with Crippen LogP contribution in [0.3, 0.4) is 0 Å². The van der Waals surface area contributed by atoms with Gasteiger partial charge < -0.3 is 5.32 Å². The topological polar surface area (TPSA) is 66.8 Å².